The molecule has 3 heteroatoms. The molecule has 0 aliphatic carbocycles. The first-order chi connectivity index (χ1) is 33.2. The van der Waals surface area contributed by atoms with Crippen molar-refractivity contribution in [3.63, 3.8) is 0 Å². The molecule has 0 amide bonds. The van der Waals surface area contributed by atoms with Crippen molar-refractivity contribution in [3.05, 3.63) is 255 Å². The number of aromatic nitrogens is 1. The van der Waals surface area contributed by atoms with Crippen LogP contribution in [-0.2, 0) is 0 Å². The molecule has 0 unspecified atom stereocenters. The number of benzene rings is 11. The third-order valence-electron chi connectivity index (χ3n) is 13.4. The van der Waals surface area contributed by atoms with Crippen molar-refractivity contribution < 1.29 is 4.42 Å². The summed E-state index contributed by atoms with van der Waals surface area (Å²) in [5, 5.41) is 7.23. The quantitative estimate of drug-likeness (QED) is 0.152. The number of hydrogen-bond donors (Lipinski definition) is 0. The summed E-state index contributed by atoms with van der Waals surface area (Å²) in [6, 6.07) is 91.9. The molecule has 0 spiro atoms. The second-order valence-corrected chi connectivity index (χ2v) is 17.3. The highest BCUT2D eigenvalue weighted by Crippen LogP contribution is 2.41. The Bertz CT molecular complexity index is 3920. The molecule has 0 aliphatic rings. The van der Waals surface area contributed by atoms with Crippen LogP contribution in [0, 0.1) is 0 Å². The number of nitrogens with zero attached hydrogens (tertiary/aromatic N) is 2. The van der Waals surface area contributed by atoms with E-state index in [1.807, 2.05) is 12.1 Å². The summed E-state index contributed by atoms with van der Waals surface area (Å²) in [5.41, 5.74) is 18.0. The van der Waals surface area contributed by atoms with Crippen LogP contribution in [0.25, 0.3) is 105 Å². The van der Waals surface area contributed by atoms with Crippen molar-refractivity contribution in [3.8, 4) is 50.2 Å². The zero-order valence-corrected chi connectivity index (χ0v) is 36.6. The molecule has 314 valence electrons. The van der Waals surface area contributed by atoms with Crippen LogP contribution in [0.1, 0.15) is 0 Å². The molecule has 2 heterocycles. The smallest absolute Gasteiger partial charge is 0.135 e. The van der Waals surface area contributed by atoms with Gasteiger partial charge in [-0.3, -0.25) is 0 Å². The van der Waals surface area contributed by atoms with Crippen molar-refractivity contribution in [2.45, 2.75) is 0 Å². The van der Waals surface area contributed by atoms with Gasteiger partial charge in [-0.1, -0.05) is 170 Å². The topological polar surface area (TPSA) is 21.3 Å². The standard InChI is InChI=1S/C64H42N2O/c1-2-12-48-40-52(28-27-43(48)11-1)50-14-9-13-49(39-50)47-31-35-54(36-32-47)65(56-37-38-64-60(42-56)59-19-5-8-22-63(59)67-64)53-33-29-45(30-34-53)44-23-25-46(26-24-44)51-15-10-16-55(41-51)66-61-20-6-3-17-57(61)58-18-4-7-21-62(58)66/h1-42H. The summed E-state index contributed by atoms with van der Waals surface area (Å²) in [5.74, 6) is 0. The number of furan rings is 1. The van der Waals surface area contributed by atoms with Crippen LogP contribution < -0.4 is 4.90 Å². The number of fused-ring (bicyclic) bond motifs is 7. The van der Waals surface area contributed by atoms with E-state index >= 15 is 0 Å². The first-order valence-corrected chi connectivity index (χ1v) is 22.9. The Morgan fingerprint density at radius 1 is 0.269 bits per heavy atom. The molecule has 11 aromatic carbocycles. The van der Waals surface area contributed by atoms with Gasteiger partial charge in [-0.2, -0.15) is 0 Å². The highest BCUT2D eigenvalue weighted by molar-refractivity contribution is 6.09. The monoisotopic (exact) mass is 854 g/mol. The second kappa shape index (κ2) is 16.0. The van der Waals surface area contributed by atoms with E-state index in [-0.39, 0.29) is 0 Å². The maximum atomic E-state index is 6.26. The van der Waals surface area contributed by atoms with Crippen LogP contribution in [0.3, 0.4) is 0 Å². The van der Waals surface area contributed by atoms with Gasteiger partial charge in [-0.05, 0) is 140 Å². The number of rotatable bonds is 8. The van der Waals surface area contributed by atoms with Gasteiger partial charge in [-0.25, -0.2) is 0 Å². The summed E-state index contributed by atoms with van der Waals surface area (Å²) < 4.78 is 8.64. The maximum absolute atomic E-state index is 6.26. The predicted molar refractivity (Wildman–Crippen MR) is 282 cm³/mol. The molecule has 0 saturated carbocycles. The van der Waals surface area contributed by atoms with Gasteiger partial charge in [0.1, 0.15) is 11.2 Å². The molecule has 67 heavy (non-hydrogen) atoms. The average molecular weight is 855 g/mol. The van der Waals surface area contributed by atoms with Crippen LogP contribution in [-0.4, -0.2) is 4.57 Å². The molecule has 0 aliphatic heterocycles. The average Bonchev–Trinajstić information content (AvgIpc) is 3.95. The molecule has 0 fully saturated rings. The molecule has 0 radical (unpaired) electrons. The van der Waals surface area contributed by atoms with Crippen LogP contribution in [0.2, 0.25) is 0 Å². The Kier molecular flexibility index (Phi) is 9.17. The lowest BCUT2D eigenvalue weighted by atomic mass is 9.97. The van der Waals surface area contributed by atoms with E-state index in [0.29, 0.717) is 0 Å². The van der Waals surface area contributed by atoms with E-state index < -0.39 is 0 Å². The molecule has 0 N–H and O–H groups in total. The molecule has 0 atom stereocenters. The number of anilines is 3. The van der Waals surface area contributed by atoms with Gasteiger partial charge < -0.3 is 13.9 Å². The van der Waals surface area contributed by atoms with Gasteiger partial charge in [0.25, 0.3) is 0 Å². The molecular formula is C64H42N2O. The Morgan fingerprint density at radius 2 is 0.731 bits per heavy atom. The maximum Gasteiger partial charge on any atom is 0.135 e. The summed E-state index contributed by atoms with van der Waals surface area (Å²) >= 11 is 0. The molecular weight excluding hydrogens is 813 g/mol. The van der Waals surface area contributed by atoms with E-state index in [0.717, 1.165) is 50.3 Å². The van der Waals surface area contributed by atoms with Gasteiger partial charge in [0, 0.05) is 44.3 Å². The Morgan fingerprint density at radius 3 is 1.40 bits per heavy atom. The minimum absolute atomic E-state index is 0.878. The fourth-order valence-corrected chi connectivity index (χ4v) is 10.0. The lowest BCUT2D eigenvalue weighted by Crippen LogP contribution is -2.09. The Labute approximate surface area is 388 Å². The van der Waals surface area contributed by atoms with Crippen LogP contribution in [0.4, 0.5) is 17.1 Å². The highest BCUT2D eigenvalue weighted by Gasteiger charge is 2.17. The predicted octanol–water partition coefficient (Wildman–Crippen LogP) is 18.0. The molecule has 0 saturated heterocycles. The van der Waals surface area contributed by atoms with Crippen molar-refractivity contribution in [1.29, 1.82) is 0 Å². The van der Waals surface area contributed by atoms with E-state index in [1.165, 1.54) is 71.5 Å². The van der Waals surface area contributed by atoms with E-state index in [9.17, 15) is 0 Å². The Balaban J connectivity index is 0.824. The van der Waals surface area contributed by atoms with Crippen LogP contribution >= 0.6 is 0 Å². The zero-order valence-electron chi connectivity index (χ0n) is 36.6. The largest absolute Gasteiger partial charge is 0.456 e. The van der Waals surface area contributed by atoms with Crippen molar-refractivity contribution >= 4 is 71.6 Å². The first kappa shape index (κ1) is 38.5. The van der Waals surface area contributed by atoms with Crippen molar-refractivity contribution in [2.24, 2.45) is 0 Å². The van der Waals surface area contributed by atoms with Crippen molar-refractivity contribution in [2.75, 3.05) is 4.90 Å². The minimum atomic E-state index is 0.878. The SMILES string of the molecule is c1cc(-c2ccc(N(c3ccc(-c4ccc(-c5cccc(-n6c7ccccc7c7ccccc76)c5)cc4)cc3)c3ccc4oc5ccccc5c4c3)cc2)cc(-c2ccc3ccccc3c2)c1. The number of para-hydroxylation sites is 3. The Hall–Kier alpha value is -8.92. The zero-order chi connectivity index (χ0) is 44.3. The third kappa shape index (κ3) is 6.84. The van der Waals surface area contributed by atoms with E-state index in [4.69, 9.17) is 4.42 Å². The summed E-state index contributed by atoms with van der Waals surface area (Å²) in [4.78, 5) is 2.34. The van der Waals surface area contributed by atoms with Crippen LogP contribution in [0.5, 0.6) is 0 Å². The van der Waals surface area contributed by atoms with E-state index in [1.54, 1.807) is 0 Å². The molecule has 3 nitrogen and oxygen atoms in total. The molecule has 2 aromatic heterocycles. The summed E-state index contributed by atoms with van der Waals surface area (Å²) in [7, 11) is 0. The highest BCUT2D eigenvalue weighted by atomic mass is 16.3. The van der Waals surface area contributed by atoms with Gasteiger partial charge >= 0.3 is 0 Å². The lowest BCUT2D eigenvalue weighted by molar-refractivity contribution is 0.669. The molecule has 13 aromatic rings. The van der Waals surface area contributed by atoms with Crippen LogP contribution in [0.15, 0.2) is 259 Å². The van der Waals surface area contributed by atoms with Gasteiger partial charge in [0.05, 0.1) is 11.0 Å². The summed E-state index contributed by atoms with van der Waals surface area (Å²) in [6.07, 6.45) is 0. The summed E-state index contributed by atoms with van der Waals surface area (Å²) in [6.45, 7) is 0. The fourth-order valence-electron chi connectivity index (χ4n) is 10.0. The van der Waals surface area contributed by atoms with E-state index in [2.05, 4.69) is 252 Å². The van der Waals surface area contributed by atoms with Gasteiger partial charge in [0.15, 0.2) is 0 Å². The third-order valence-corrected chi connectivity index (χ3v) is 13.4. The number of hydrogen-bond acceptors (Lipinski definition) is 2. The first-order valence-electron chi connectivity index (χ1n) is 22.9. The lowest BCUT2D eigenvalue weighted by Gasteiger charge is -2.26. The van der Waals surface area contributed by atoms with Gasteiger partial charge in [-0.15, -0.1) is 0 Å². The normalized spacial score (nSPS) is 11.6. The molecule has 0 bridgehead atoms. The van der Waals surface area contributed by atoms with Crippen molar-refractivity contribution in [1.82, 2.24) is 4.57 Å². The minimum Gasteiger partial charge on any atom is -0.456 e. The molecule has 13 rings (SSSR count). The second-order valence-electron chi connectivity index (χ2n) is 17.3. The fraction of sp³-hybridized carbons (Fsp3) is 0. The van der Waals surface area contributed by atoms with Gasteiger partial charge in [0.2, 0.25) is 0 Å².